The summed E-state index contributed by atoms with van der Waals surface area (Å²) < 4.78 is 56.1. The number of fused-ring (bicyclic) bond motifs is 3. The van der Waals surface area contributed by atoms with Crippen LogP contribution in [0.2, 0.25) is 0 Å². The predicted octanol–water partition coefficient (Wildman–Crippen LogP) is 5.03. The summed E-state index contributed by atoms with van der Waals surface area (Å²) in [7, 11) is 1.19. The third kappa shape index (κ3) is 2.84. The zero-order valence-electron chi connectivity index (χ0n) is 18.4. The number of halogens is 3. The summed E-state index contributed by atoms with van der Waals surface area (Å²) in [6.45, 7) is 2.27. The van der Waals surface area contributed by atoms with E-state index < -0.39 is 29.0 Å². The fourth-order valence-corrected chi connectivity index (χ4v) is 5.64. The smallest absolute Gasteiger partial charge is 0.340 e. The topological polar surface area (TPSA) is 69.1 Å². The lowest BCUT2D eigenvalue weighted by Crippen LogP contribution is -2.24. The Bertz CT molecular complexity index is 1290. The molecule has 0 spiro atoms. The largest absolute Gasteiger partial charge is 0.465 e. The van der Waals surface area contributed by atoms with Crippen LogP contribution in [0.1, 0.15) is 54.0 Å². The SMILES string of the molecule is COC(=O)c1cc2[nH]c(-c3nn(C4CCCCO4)c4c3C[C@@H]3C(F)(F)[C@]3(C)C4)cc2cc1F. The van der Waals surface area contributed by atoms with Crippen LogP contribution in [-0.2, 0) is 22.3 Å². The molecule has 0 radical (unpaired) electrons. The van der Waals surface area contributed by atoms with Crippen LogP contribution in [0.4, 0.5) is 13.2 Å². The number of carbonyl (C=O) groups excluding carboxylic acids is 1. The molecule has 3 aromatic rings. The van der Waals surface area contributed by atoms with E-state index in [1.165, 1.54) is 19.2 Å². The van der Waals surface area contributed by atoms with Crippen molar-refractivity contribution in [2.75, 3.05) is 13.7 Å². The number of H-pyrrole nitrogens is 1. The lowest BCUT2D eigenvalue weighted by molar-refractivity contribution is -0.0418. The van der Waals surface area contributed by atoms with Crippen molar-refractivity contribution in [3.8, 4) is 11.4 Å². The molecule has 2 fully saturated rings. The number of aromatic amines is 1. The van der Waals surface area contributed by atoms with Gasteiger partial charge in [0.25, 0.3) is 5.92 Å². The maximum Gasteiger partial charge on any atom is 0.340 e. The molecular weight excluding hydrogens is 435 g/mol. The van der Waals surface area contributed by atoms with Crippen LogP contribution >= 0.6 is 0 Å². The molecule has 3 aliphatic rings. The molecule has 3 atom stereocenters. The maximum absolute atomic E-state index is 14.6. The number of esters is 1. The summed E-state index contributed by atoms with van der Waals surface area (Å²) in [5.74, 6) is -4.87. The first kappa shape index (κ1) is 20.8. The van der Waals surface area contributed by atoms with Gasteiger partial charge in [-0.1, -0.05) is 6.92 Å². The molecule has 1 aliphatic heterocycles. The summed E-state index contributed by atoms with van der Waals surface area (Å²) in [6, 6.07) is 4.41. The number of aromatic nitrogens is 3. The molecule has 1 aromatic carbocycles. The molecular formula is C24H24F3N3O3. The fourth-order valence-electron chi connectivity index (χ4n) is 5.64. The number of alkyl halides is 2. The van der Waals surface area contributed by atoms with Crippen LogP contribution in [0.25, 0.3) is 22.3 Å². The fraction of sp³-hybridized carbons (Fsp3) is 0.500. The minimum Gasteiger partial charge on any atom is -0.465 e. The highest BCUT2D eigenvalue weighted by molar-refractivity contribution is 5.96. The molecule has 6 rings (SSSR count). The maximum atomic E-state index is 14.6. The van der Waals surface area contributed by atoms with E-state index in [4.69, 9.17) is 9.84 Å². The first-order valence-corrected chi connectivity index (χ1v) is 11.2. The van der Waals surface area contributed by atoms with Crippen LogP contribution in [0.3, 0.4) is 0 Å². The van der Waals surface area contributed by atoms with Gasteiger partial charge in [-0.05, 0) is 43.9 Å². The van der Waals surface area contributed by atoms with Crippen molar-refractivity contribution in [3.05, 3.63) is 40.8 Å². The lowest BCUT2D eigenvalue weighted by atomic mass is 9.87. The van der Waals surface area contributed by atoms with Gasteiger partial charge < -0.3 is 14.5 Å². The van der Waals surface area contributed by atoms with Gasteiger partial charge in [0, 0.05) is 46.5 Å². The Kier molecular flexibility index (Phi) is 4.31. The van der Waals surface area contributed by atoms with Crippen molar-refractivity contribution in [2.45, 2.75) is 51.2 Å². The van der Waals surface area contributed by atoms with Crippen LogP contribution in [0.5, 0.6) is 0 Å². The molecule has 2 aromatic heterocycles. The Morgan fingerprint density at radius 1 is 1.30 bits per heavy atom. The Hall–Kier alpha value is -2.81. The first-order chi connectivity index (χ1) is 15.7. The van der Waals surface area contributed by atoms with Crippen molar-refractivity contribution in [3.63, 3.8) is 0 Å². The van der Waals surface area contributed by atoms with Gasteiger partial charge in [-0.2, -0.15) is 5.10 Å². The summed E-state index contributed by atoms with van der Waals surface area (Å²) in [6.07, 6.45) is 2.95. The number of carbonyl (C=O) groups is 1. The van der Waals surface area contributed by atoms with Gasteiger partial charge in [0.05, 0.1) is 18.4 Å². The van der Waals surface area contributed by atoms with Gasteiger partial charge in [0.1, 0.15) is 17.7 Å². The average molecular weight is 459 g/mol. The van der Waals surface area contributed by atoms with Crippen molar-refractivity contribution in [2.24, 2.45) is 11.3 Å². The summed E-state index contributed by atoms with van der Waals surface area (Å²) in [5.41, 5.74) is 2.10. The number of rotatable bonds is 3. The molecule has 3 heterocycles. The number of hydrogen-bond acceptors (Lipinski definition) is 4. The van der Waals surface area contributed by atoms with Crippen molar-refractivity contribution < 1.29 is 27.4 Å². The summed E-state index contributed by atoms with van der Waals surface area (Å²) >= 11 is 0. The predicted molar refractivity (Wildman–Crippen MR) is 114 cm³/mol. The lowest BCUT2D eigenvalue weighted by Gasteiger charge is -2.26. The summed E-state index contributed by atoms with van der Waals surface area (Å²) in [4.78, 5) is 15.1. The number of methoxy groups -OCH3 is 1. The molecule has 9 heteroatoms. The van der Waals surface area contributed by atoms with Gasteiger partial charge in [-0.15, -0.1) is 0 Å². The average Bonchev–Trinajstić information content (AvgIpc) is 3.17. The van der Waals surface area contributed by atoms with Crippen LogP contribution in [-0.4, -0.2) is 40.4 Å². The Labute approximate surface area is 188 Å². The molecule has 174 valence electrons. The molecule has 0 amide bonds. The van der Waals surface area contributed by atoms with E-state index in [2.05, 4.69) is 9.72 Å². The molecule has 1 N–H and O–H groups in total. The highest BCUT2D eigenvalue weighted by Gasteiger charge is 2.78. The second-order valence-electron chi connectivity index (χ2n) is 9.61. The van der Waals surface area contributed by atoms with Gasteiger partial charge >= 0.3 is 5.97 Å². The van der Waals surface area contributed by atoms with Crippen LogP contribution in [0.15, 0.2) is 18.2 Å². The molecule has 1 saturated heterocycles. The highest BCUT2D eigenvalue weighted by Crippen LogP contribution is 2.70. The van der Waals surface area contributed by atoms with E-state index >= 15 is 0 Å². The zero-order chi connectivity index (χ0) is 23.1. The van der Waals surface area contributed by atoms with E-state index in [9.17, 15) is 18.0 Å². The number of nitrogens with one attached hydrogen (secondary N) is 1. The monoisotopic (exact) mass is 459 g/mol. The molecule has 1 saturated carbocycles. The minimum absolute atomic E-state index is 0.171. The number of hydrogen-bond donors (Lipinski definition) is 1. The van der Waals surface area contributed by atoms with Crippen LogP contribution in [0, 0.1) is 17.2 Å². The standard InChI is InChI=1S/C24H24F3N3O3/c1-23-11-18-14(10-19(23)24(23,26)27)21(29-30(18)20-5-3-4-6-33-20)17-8-12-7-15(25)13(22(31)32-2)9-16(12)28-17/h7-9,19-20,28H,3-6,10-11H2,1-2H3/t19-,20?,23+/m0/s1. The number of nitrogens with zero attached hydrogens (tertiary/aromatic N) is 2. The second-order valence-corrected chi connectivity index (χ2v) is 9.61. The van der Waals surface area contributed by atoms with E-state index in [0.717, 1.165) is 30.5 Å². The molecule has 0 bridgehead atoms. The normalized spacial score (nSPS) is 27.8. The Morgan fingerprint density at radius 2 is 2.12 bits per heavy atom. The van der Waals surface area contributed by atoms with Crippen molar-refractivity contribution in [1.82, 2.24) is 14.8 Å². The van der Waals surface area contributed by atoms with E-state index in [-0.39, 0.29) is 24.6 Å². The van der Waals surface area contributed by atoms with E-state index in [1.807, 2.05) is 0 Å². The zero-order valence-corrected chi connectivity index (χ0v) is 18.4. The van der Waals surface area contributed by atoms with E-state index in [0.29, 0.717) is 28.9 Å². The molecule has 2 aliphatic carbocycles. The van der Waals surface area contributed by atoms with Crippen LogP contribution < -0.4 is 0 Å². The number of benzene rings is 1. The van der Waals surface area contributed by atoms with E-state index in [1.54, 1.807) is 17.7 Å². The molecule has 1 unspecified atom stereocenters. The van der Waals surface area contributed by atoms with Gasteiger partial charge in [0.2, 0.25) is 0 Å². The Morgan fingerprint density at radius 3 is 2.85 bits per heavy atom. The Balaban J connectivity index is 1.48. The quantitative estimate of drug-likeness (QED) is 0.558. The molecule has 33 heavy (non-hydrogen) atoms. The second kappa shape index (κ2) is 6.85. The van der Waals surface area contributed by atoms with Gasteiger partial charge in [-0.3, -0.25) is 0 Å². The number of ether oxygens (including phenoxy) is 2. The minimum atomic E-state index is -2.71. The molecule has 6 nitrogen and oxygen atoms in total. The van der Waals surface area contributed by atoms with Gasteiger partial charge in [0.15, 0.2) is 0 Å². The third-order valence-electron chi connectivity index (χ3n) is 7.74. The summed E-state index contributed by atoms with van der Waals surface area (Å²) in [5, 5.41) is 5.40. The highest BCUT2D eigenvalue weighted by atomic mass is 19.3. The first-order valence-electron chi connectivity index (χ1n) is 11.2. The van der Waals surface area contributed by atoms with Gasteiger partial charge in [-0.25, -0.2) is 22.6 Å². The van der Waals surface area contributed by atoms with Crippen molar-refractivity contribution >= 4 is 16.9 Å². The van der Waals surface area contributed by atoms with Crippen molar-refractivity contribution in [1.29, 1.82) is 0 Å². The third-order valence-corrected chi connectivity index (χ3v) is 7.74.